The normalized spacial score (nSPS) is 10.0. The number of rotatable bonds is 6. The Balaban J connectivity index is 2.01. The Morgan fingerprint density at radius 3 is 2.44 bits per heavy atom. The smallest absolute Gasteiger partial charge is 0.310 e. The van der Waals surface area contributed by atoms with Crippen LogP contribution in [-0.2, 0) is 9.59 Å². The van der Waals surface area contributed by atoms with E-state index in [2.05, 4.69) is 10.6 Å². The Labute approximate surface area is 144 Å². The van der Waals surface area contributed by atoms with Crippen LogP contribution in [0.25, 0.3) is 0 Å². The van der Waals surface area contributed by atoms with E-state index in [0.717, 1.165) is 5.56 Å². The van der Waals surface area contributed by atoms with Crippen molar-refractivity contribution in [1.82, 2.24) is 0 Å². The fraction of sp³-hybridized carbons (Fsp3) is 0.176. The van der Waals surface area contributed by atoms with Gasteiger partial charge in [0.2, 0.25) is 5.91 Å². The van der Waals surface area contributed by atoms with E-state index in [9.17, 15) is 19.7 Å². The second kappa shape index (κ2) is 7.91. The number of nitro groups is 1. The fourth-order valence-electron chi connectivity index (χ4n) is 2.11. The van der Waals surface area contributed by atoms with Crippen LogP contribution < -0.4 is 15.4 Å². The summed E-state index contributed by atoms with van der Waals surface area (Å²) in [5, 5.41) is 16.2. The molecule has 0 radical (unpaired) electrons. The van der Waals surface area contributed by atoms with Gasteiger partial charge in [-0.1, -0.05) is 12.1 Å². The van der Waals surface area contributed by atoms with Gasteiger partial charge in [0.25, 0.3) is 5.91 Å². The number of hydrogen-bond acceptors (Lipinski definition) is 5. The van der Waals surface area contributed by atoms with Crippen LogP contribution in [0.4, 0.5) is 17.1 Å². The third-order valence-corrected chi connectivity index (χ3v) is 3.14. The Bertz CT molecular complexity index is 820. The first-order chi connectivity index (χ1) is 11.8. The summed E-state index contributed by atoms with van der Waals surface area (Å²) >= 11 is 0. The standard InChI is InChI=1S/C17H17N3O5/c1-11-6-7-15(20(23)24)16(8-11)25-10-17(22)19-14-5-3-4-13(9-14)18-12(2)21/h3-9H,10H2,1-2H3,(H,18,21)(H,19,22). The first-order valence-electron chi connectivity index (χ1n) is 7.40. The molecule has 2 amide bonds. The highest BCUT2D eigenvalue weighted by molar-refractivity contribution is 5.94. The molecule has 0 aromatic heterocycles. The van der Waals surface area contributed by atoms with Gasteiger partial charge in [-0.25, -0.2) is 0 Å². The summed E-state index contributed by atoms with van der Waals surface area (Å²) in [7, 11) is 0. The topological polar surface area (TPSA) is 111 Å². The summed E-state index contributed by atoms with van der Waals surface area (Å²) in [4.78, 5) is 33.5. The molecule has 0 saturated carbocycles. The number of carbonyl (C=O) groups is 2. The largest absolute Gasteiger partial charge is 0.477 e. The number of ether oxygens (including phenoxy) is 1. The van der Waals surface area contributed by atoms with Crippen LogP contribution in [-0.4, -0.2) is 23.3 Å². The quantitative estimate of drug-likeness (QED) is 0.619. The molecular weight excluding hydrogens is 326 g/mol. The predicted molar refractivity (Wildman–Crippen MR) is 92.7 cm³/mol. The van der Waals surface area contributed by atoms with E-state index in [1.165, 1.54) is 19.1 Å². The number of nitro benzene ring substituents is 1. The Morgan fingerprint density at radius 2 is 1.80 bits per heavy atom. The molecule has 2 rings (SSSR count). The Morgan fingerprint density at radius 1 is 1.12 bits per heavy atom. The van der Waals surface area contributed by atoms with Crippen LogP contribution in [0.15, 0.2) is 42.5 Å². The molecule has 0 aliphatic carbocycles. The zero-order valence-corrected chi connectivity index (χ0v) is 13.7. The third-order valence-electron chi connectivity index (χ3n) is 3.14. The van der Waals surface area contributed by atoms with Crippen molar-refractivity contribution in [3.8, 4) is 5.75 Å². The molecule has 0 heterocycles. The maximum atomic E-state index is 12.0. The molecule has 0 spiro atoms. The molecule has 0 bridgehead atoms. The molecule has 0 aliphatic rings. The number of nitrogens with one attached hydrogen (secondary N) is 2. The Hall–Kier alpha value is -3.42. The number of anilines is 2. The maximum Gasteiger partial charge on any atom is 0.310 e. The van der Waals surface area contributed by atoms with E-state index in [0.29, 0.717) is 11.4 Å². The number of carbonyl (C=O) groups excluding carboxylic acids is 2. The van der Waals surface area contributed by atoms with E-state index in [1.807, 2.05) is 0 Å². The fourth-order valence-corrected chi connectivity index (χ4v) is 2.11. The maximum absolute atomic E-state index is 12.0. The van der Waals surface area contributed by atoms with Crippen molar-refractivity contribution in [2.75, 3.05) is 17.2 Å². The van der Waals surface area contributed by atoms with Crippen molar-refractivity contribution in [3.63, 3.8) is 0 Å². The van der Waals surface area contributed by atoms with Gasteiger partial charge in [0.15, 0.2) is 12.4 Å². The molecule has 2 aromatic carbocycles. The summed E-state index contributed by atoms with van der Waals surface area (Å²) in [6.45, 7) is 2.77. The molecule has 0 atom stereocenters. The first-order valence-corrected chi connectivity index (χ1v) is 7.40. The lowest BCUT2D eigenvalue weighted by molar-refractivity contribution is -0.385. The molecule has 8 nitrogen and oxygen atoms in total. The van der Waals surface area contributed by atoms with Crippen LogP contribution in [0, 0.1) is 17.0 Å². The monoisotopic (exact) mass is 343 g/mol. The van der Waals surface area contributed by atoms with E-state index in [4.69, 9.17) is 4.74 Å². The highest BCUT2D eigenvalue weighted by atomic mass is 16.6. The number of hydrogen-bond donors (Lipinski definition) is 2. The molecule has 0 fully saturated rings. The minimum Gasteiger partial charge on any atom is -0.477 e. The van der Waals surface area contributed by atoms with E-state index >= 15 is 0 Å². The minimum absolute atomic E-state index is 0.0344. The van der Waals surface area contributed by atoms with Gasteiger partial charge in [-0.05, 0) is 36.8 Å². The van der Waals surface area contributed by atoms with Crippen LogP contribution >= 0.6 is 0 Å². The zero-order chi connectivity index (χ0) is 18.4. The predicted octanol–water partition coefficient (Wildman–Crippen LogP) is 2.88. The number of benzene rings is 2. The van der Waals surface area contributed by atoms with Gasteiger partial charge in [0.1, 0.15) is 0 Å². The van der Waals surface area contributed by atoms with Gasteiger partial charge in [-0.3, -0.25) is 19.7 Å². The van der Waals surface area contributed by atoms with Crippen molar-refractivity contribution in [1.29, 1.82) is 0 Å². The van der Waals surface area contributed by atoms with Crippen LogP contribution in [0.2, 0.25) is 0 Å². The first kappa shape index (κ1) is 17.9. The van der Waals surface area contributed by atoms with Gasteiger partial charge in [-0.2, -0.15) is 0 Å². The van der Waals surface area contributed by atoms with E-state index < -0.39 is 10.8 Å². The van der Waals surface area contributed by atoms with Crippen LogP contribution in [0.5, 0.6) is 5.75 Å². The molecule has 25 heavy (non-hydrogen) atoms. The summed E-state index contributed by atoms with van der Waals surface area (Å²) < 4.78 is 5.28. The van der Waals surface area contributed by atoms with Gasteiger partial charge in [0.05, 0.1) is 4.92 Å². The molecule has 0 aliphatic heterocycles. The van der Waals surface area contributed by atoms with Crippen molar-refractivity contribution in [3.05, 3.63) is 58.1 Å². The van der Waals surface area contributed by atoms with Crippen molar-refractivity contribution in [2.24, 2.45) is 0 Å². The average Bonchev–Trinajstić information content (AvgIpc) is 2.52. The second-order valence-electron chi connectivity index (χ2n) is 5.33. The summed E-state index contributed by atoms with van der Waals surface area (Å²) in [5.41, 5.74) is 1.59. The highest BCUT2D eigenvalue weighted by Crippen LogP contribution is 2.27. The zero-order valence-electron chi connectivity index (χ0n) is 13.7. The molecular formula is C17H17N3O5. The lowest BCUT2D eigenvalue weighted by atomic mass is 10.2. The minimum atomic E-state index is -0.566. The van der Waals surface area contributed by atoms with E-state index in [-0.39, 0.29) is 24.0 Å². The van der Waals surface area contributed by atoms with Gasteiger partial charge < -0.3 is 15.4 Å². The van der Waals surface area contributed by atoms with Crippen molar-refractivity contribution < 1.29 is 19.2 Å². The molecule has 0 unspecified atom stereocenters. The lowest BCUT2D eigenvalue weighted by Crippen LogP contribution is -2.20. The van der Waals surface area contributed by atoms with Crippen molar-refractivity contribution in [2.45, 2.75) is 13.8 Å². The molecule has 8 heteroatoms. The van der Waals surface area contributed by atoms with Crippen LogP contribution in [0.3, 0.4) is 0 Å². The van der Waals surface area contributed by atoms with Gasteiger partial charge >= 0.3 is 5.69 Å². The highest BCUT2D eigenvalue weighted by Gasteiger charge is 2.16. The SMILES string of the molecule is CC(=O)Nc1cccc(NC(=O)COc2cc(C)ccc2[N+](=O)[O-])c1. The lowest BCUT2D eigenvalue weighted by Gasteiger charge is -2.09. The molecule has 2 aromatic rings. The van der Waals surface area contributed by atoms with Gasteiger partial charge in [0, 0.05) is 24.4 Å². The number of nitrogens with zero attached hydrogens (tertiary/aromatic N) is 1. The summed E-state index contributed by atoms with van der Waals surface area (Å²) in [6.07, 6.45) is 0. The number of aryl methyl sites for hydroxylation is 1. The molecule has 2 N–H and O–H groups in total. The number of amides is 2. The third kappa shape index (κ3) is 5.31. The van der Waals surface area contributed by atoms with E-state index in [1.54, 1.807) is 37.3 Å². The van der Waals surface area contributed by atoms with Gasteiger partial charge in [-0.15, -0.1) is 0 Å². The average molecular weight is 343 g/mol. The summed E-state index contributed by atoms with van der Waals surface area (Å²) in [5.74, 6) is -0.665. The van der Waals surface area contributed by atoms with Crippen molar-refractivity contribution >= 4 is 28.9 Å². The molecule has 130 valence electrons. The summed E-state index contributed by atoms with van der Waals surface area (Å²) in [6, 6.07) is 11.0. The molecule has 0 saturated heterocycles. The van der Waals surface area contributed by atoms with Crippen LogP contribution in [0.1, 0.15) is 12.5 Å². The second-order valence-corrected chi connectivity index (χ2v) is 5.33. The Kier molecular flexibility index (Phi) is 5.67.